The van der Waals surface area contributed by atoms with Crippen molar-refractivity contribution in [3.8, 4) is 0 Å². The average molecular weight is 277 g/mol. The van der Waals surface area contributed by atoms with Gasteiger partial charge in [0.05, 0.1) is 0 Å². The molecule has 2 rings (SSSR count). The third kappa shape index (κ3) is 3.26. The Hall–Kier alpha value is -1.66. The lowest BCUT2D eigenvalue weighted by Crippen LogP contribution is -2.45. The first-order valence-corrected chi connectivity index (χ1v) is 7.09. The predicted molar refractivity (Wildman–Crippen MR) is 79.3 cm³/mol. The molecule has 0 radical (unpaired) electrons. The Kier molecular flexibility index (Phi) is 4.92. The maximum Gasteiger partial charge on any atom is 0.272 e. The van der Waals surface area contributed by atoms with Gasteiger partial charge in [0.15, 0.2) is 0 Å². The highest BCUT2D eigenvalue weighted by molar-refractivity contribution is 5.92. The van der Waals surface area contributed by atoms with Crippen molar-refractivity contribution in [1.29, 1.82) is 0 Å². The first-order valence-electron chi connectivity index (χ1n) is 7.09. The van der Waals surface area contributed by atoms with E-state index in [1.807, 2.05) is 11.9 Å². The fraction of sp³-hybridized carbons (Fsp3) is 0.571. The molecule has 6 nitrogen and oxygen atoms in total. The zero-order chi connectivity index (χ0) is 14.5. The van der Waals surface area contributed by atoms with Gasteiger partial charge in [-0.25, -0.2) is 10.8 Å². The van der Waals surface area contributed by atoms with Crippen molar-refractivity contribution in [1.82, 2.24) is 14.8 Å². The van der Waals surface area contributed by atoms with Crippen LogP contribution in [0, 0.1) is 0 Å². The molecule has 0 spiro atoms. The minimum Gasteiger partial charge on any atom is -0.337 e. The fourth-order valence-corrected chi connectivity index (χ4v) is 2.60. The van der Waals surface area contributed by atoms with Crippen LogP contribution in [0.25, 0.3) is 0 Å². The van der Waals surface area contributed by atoms with Crippen molar-refractivity contribution in [3.63, 3.8) is 0 Å². The van der Waals surface area contributed by atoms with Gasteiger partial charge in [-0.1, -0.05) is 13.0 Å². The summed E-state index contributed by atoms with van der Waals surface area (Å²) in [5.41, 5.74) is 2.90. The Morgan fingerprint density at radius 2 is 2.20 bits per heavy atom. The fourth-order valence-electron chi connectivity index (χ4n) is 2.60. The number of pyridine rings is 1. The van der Waals surface area contributed by atoms with Crippen molar-refractivity contribution < 1.29 is 4.79 Å². The molecule has 0 saturated carbocycles. The summed E-state index contributed by atoms with van der Waals surface area (Å²) in [4.78, 5) is 20.9. The minimum atomic E-state index is -0.0444. The largest absolute Gasteiger partial charge is 0.337 e. The molecule has 20 heavy (non-hydrogen) atoms. The van der Waals surface area contributed by atoms with Crippen LogP contribution in [0.2, 0.25) is 0 Å². The standard InChI is InChI=1S/C14H23N5O/c1-3-19-9-7-11(8-10-19)18(2)14(20)12-5-4-6-13(16-12)17-15/h4-6,11H,3,7-10,15H2,1-2H3,(H,16,17). The first kappa shape index (κ1) is 14.7. The summed E-state index contributed by atoms with van der Waals surface area (Å²) in [6, 6.07) is 5.53. The van der Waals surface area contributed by atoms with Gasteiger partial charge in [-0.2, -0.15) is 0 Å². The number of nitrogens with two attached hydrogens (primary N) is 1. The van der Waals surface area contributed by atoms with Crippen molar-refractivity contribution in [2.24, 2.45) is 5.84 Å². The molecular formula is C14H23N5O. The number of carbonyl (C=O) groups excluding carboxylic acids is 1. The number of hydrogen-bond acceptors (Lipinski definition) is 5. The lowest BCUT2D eigenvalue weighted by atomic mass is 10.0. The van der Waals surface area contributed by atoms with Gasteiger partial charge in [-0.3, -0.25) is 4.79 Å². The molecule has 1 aliphatic rings. The number of amides is 1. The third-order valence-corrected chi connectivity index (χ3v) is 3.99. The van der Waals surface area contributed by atoms with E-state index in [0.717, 1.165) is 32.5 Å². The molecule has 3 N–H and O–H groups in total. The van der Waals surface area contributed by atoms with Gasteiger partial charge in [0.1, 0.15) is 11.5 Å². The van der Waals surface area contributed by atoms with Gasteiger partial charge in [-0.05, 0) is 31.5 Å². The van der Waals surface area contributed by atoms with Gasteiger partial charge >= 0.3 is 0 Å². The number of nitrogens with zero attached hydrogens (tertiary/aromatic N) is 3. The van der Waals surface area contributed by atoms with Crippen LogP contribution in [-0.2, 0) is 0 Å². The van der Waals surface area contributed by atoms with Gasteiger partial charge in [0.25, 0.3) is 5.91 Å². The van der Waals surface area contributed by atoms with Crippen LogP contribution in [0.3, 0.4) is 0 Å². The molecule has 1 amide bonds. The highest BCUT2D eigenvalue weighted by Crippen LogP contribution is 2.17. The van der Waals surface area contributed by atoms with Crippen molar-refractivity contribution in [2.75, 3.05) is 32.1 Å². The average Bonchev–Trinajstić information content (AvgIpc) is 2.53. The van der Waals surface area contributed by atoms with Gasteiger partial charge in [0, 0.05) is 26.2 Å². The summed E-state index contributed by atoms with van der Waals surface area (Å²) in [5.74, 6) is 5.79. The van der Waals surface area contributed by atoms with Crippen molar-refractivity contribution >= 4 is 11.7 Å². The van der Waals surface area contributed by atoms with E-state index in [4.69, 9.17) is 5.84 Å². The second kappa shape index (κ2) is 6.67. The molecular weight excluding hydrogens is 254 g/mol. The third-order valence-electron chi connectivity index (χ3n) is 3.99. The minimum absolute atomic E-state index is 0.0444. The highest BCUT2D eigenvalue weighted by Gasteiger charge is 2.26. The maximum atomic E-state index is 12.4. The lowest BCUT2D eigenvalue weighted by Gasteiger charge is -2.36. The van der Waals surface area contributed by atoms with Gasteiger partial charge in [-0.15, -0.1) is 0 Å². The quantitative estimate of drug-likeness (QED) is 0.632. The van der Waals surface area contributed by atoms with Crippen molar-refractivity contribution in [2.45, 2.75) is 25.8 Å². The molecule has 6 heteroatoms. The Labute approximate surface area is 119 Å². The molecule has 2 heterocycles. The number of anilines is 1. The predicted octanol–water partition coefficient (Wildman–Crippen LogP) is 0.924. The number of nitrogen functional groups attached to an aromatic ring is 1. The molecule has 1 fully saturated rings. The first-order chi connectivity index (χ1) is 9.65. The van der Waals surface area contributed by atoms with Crippen LogP contribution in [0.1, 0.15) is 30.3 Å². The molecule has 0 unspecified atom stereocenters. The zero-order valence-electron chi connectivity index (χ0n) is 12.2. The second-order valence-electron chi connectivity index (χ2n) is 5.13. The SMILES string of the molecule is CCN1CCC(N(C)C(=O)c2cccc(NN)n2)CC1. The number of piperidine rings is 1. The van der Waals surface area contributed by atoms with Crippen LogP contribution in [0.5, 0.6) is 0 Å². The molecule has 1 aliphatic heterocycles. The summed E-state index contributed by atoms with van der Waals surface area (Å²) in [7, 11) is 1.86. The Bertz CT molecular complexity index is 457. The summed E-state index contributed by atoms with van der Waals surface area (Å²) >= 11 is 0. The lowest BCUT2D eigenvalue weighted by molar-refractivity contribution is 0.0641. The van der Waals surface area contributed by atoms with E-state index in [1.165, 1.54) is 0 Å². The number of likely N-dealkylation sites (tertiary alicyclic amines) is 1. The summed E-state index contributed by atoms with van der Waals surface area (Å²) in [6.45, 7) is 5.35. The molecule has 0 aliphatic carbocycles. The van der Waals surface area contributed by atoms with Crippen molar-refractivity contribution in [3.05, 3.63) is 23.9 Å². The number of hydrazine groups is 1. The van der Waals surface area contributed by atoms with E-state index in [0.29, 0.717) is 17.6 Å². The van der Waals surface area contributed by atoms with Gasteiger partial charge < -0.3 is 15.2 Å². The Morgan fingerprint density at radius 3 is 2.80 bits per heavy atom. The van der Waals surface area contributed by atoms with Crippen LogP contribution in [0.15, 0.2) is 18.2 Å². The van der Waals surface area contributed by atoms with Crippen LogP contribution in [-0.4, -0.2) is 53.4 Å². The topological polar surface area (TPSA) is 74.5 Å². The van der Waals surface area contributed by atoms with Crippen LogP contribution < -0.4 is 11.3 Å². The Morgan fingerprint density at radius 1 is 1.50 bits per heavy atom. The summed E-state index contributed by atoms with van der Waals surface area (Å²) in [6.07, 6.45) is 2.04. The number of hydrogen-bond donors (Lipinski definition) is 2. The van der Waals surface area contributed by atoms with E-state index in [2.05, 4.69) is 22.2 Å². The Balaban J connectivity index is 2.01. The number of aromatic nitrogens is 1. The van der Waals surface area contributed by atoms with E-state index in [1.54, 1.807) is 18.2 Å². The molecule has 1 aromatic heterocycles. The monoisotopic (exact) mass is 277 g/mol. The molecule has 0 atom stereocenters. The molecule has 110 valence electrons. The number of nitrogens with one attached hydrogen (secondary N) is 1. The van der Waals surface area contributed by atoms with Crippen LogP contribution >= 0.6 is 0 Å². The highest BCUT2D eigenvalue weighted by atomic mass is 16.2. The summed E-state index contributed by atoms with van der Waals surface area (Å²) < 4.78 is 0. The van der Waals surface area contributed by atoms with E-state index >= 15 is 0 Å². The number of rotatable bonds is 4. The van der Waals surface area contributed by atoms with E-state index in [-0.39, 0.29) is 5.91 Å². The molecule has 0 aromatic carbocycles. The summed E-state index contributed by atoms with van der Waals surface area (Å²) in [5, 5.41) is 0. The van der Waals surface area contributed by atoms with E-state index < -0.39 is 0 Å². The number of carbonyl (C=O) groups is 1. The van der Waals surface area contributed by atoms with Gasteiger partial charge in [0.2, 0.25) is 0 Å². The molecule has 0 bridgehead atoms. The molecule has 1 saturated heterocycles. The zero-order valence-corrected chi connectivity index (χ0v) is 12.2. The van der Waals surface area contributed by atoms with E-state index in [9.17, 15) is 4.79 Å². The van der Waals surface area contributed by atoms with Crippen LogP contribution in [0.4, 0.5) is 5.82 Å². The second-order valence-corrected chi connectivity index (χ2v) is 5.13. The molecule has 1 aromatic rings. The smallest absolute Gasteiger partial charge is 0.272 e. The maximum absolute atomic E-state index is 12.4. The normalized spacial score (nSPS) is 16.9.